The summed E-state index contributed by atoms with van der Waals surface area (Å²) in [7, 11) is 0. The van der Waals surface area contributed by atoms with Gasteiger partial charge in [0.05, 0.1) is 0 Å². The molecule has 0 unspecified atom stereocenters. The second-order valence-electron chi connectivity index (χ2n) is 9.95. The van der Waals surface area contributed by atoms with Crippen molar-refractivity contribution in [1.29, 1.82) is 0 Å². The van der Waals surface area contributed by atoms with Crippen LogP contribution in [0, 0.1) is 22.2 Å². The van der Waals surface area contributed by atoms with E-state index in [4.69, 9.17) is 4.74 Å². The van der Waals surface area contributed by atoms with Gasteiger partial charge in [-0.05, 0) is 79.0 Å². The quantitative estimate of drug-likeness (QED) is 0.660. The molecule has 2 nitrogen and oxygen atoms in total. The Kier molecular flexibility index (Phi) is 3.20. The summed E-state index contributed by atoms with van der Waals surface area (Å²) in [5.74, 6) is 1.85. The van der Waals surface area contributed by atoms with E-state index in [-0.39, 0.29) is 11.0 Å². The Morgan fingerprint density at radius 3 is 2.50 bits per heavy atom. The number of rotatable bonds is 0. The number of aromatic hydroxyl groups is 1. The van der Waals surface area contributed by atoms with E-state index in [9.17, 15) is 5.11 Å². The molecular weight excluding hydrogens is 296 g/mol. The molecular formula is C22H32O2. The Morgan fingerprint density at radius 1 is 1.00 bits per heavy atom. The van der Waals surface area contributed by atoms with E-state index in [2.05, 4.69) is 34.6 Å². The van der Waals surface area contributed by atoms with Gasteiger partial charge in [-0.15, -0.1) is 0 Å². The Bertz CT molecular complexity index is 679. The number of hydrogen-bond donors (Lipinski definition) is 1. The maximum atomic E-state index is 9.92. The van der Waals surface area contributed by atoms with Crippen LogP contribution >= 0.6 is 0 Å². The van der Waals surface area contributed by atoms with Crippen molar-refractivity contribution >= 4 is 0 Å². The maximum Gasteiger partial charge on any atom is 0.123 e. The van der Waals surface area contributed by atoms with Gasteiger partial charge < -0.3 is 9.84 Å². The topological polar surface area (TPSA) is 29.5 Å². The second-order valence-corrected chi connectivity index (χ2v) is 9.95. The van der Waals surface area contributed by atoms with Crippen molar-refractivity contribution in [3.63, 3.8) is 0 Å². The molecule has 0 aromatic heterocycles. The average molecular weight is 328 g/mol. The molecule has 1 heterocycles. The average Bonchev–Trinajstić information content (AvgIpc) is 2.49. The minimum Gasteiger partial charge on any atom is -0.508 e. The Hall–Kier alpha value is -1.18. The smallest absolute Gasteiger partial charge is 0.123 e. The Labute approximate surface area is 146 Å². The highest BCUT2D eigenvalue weighted by molar-refractivity contribution is 5.43. The van der Waals surface area contributed by atoms with Crippen LogP contribution < -0.4 is 4.74 Å². The Balaban J connectivity index is 1.82. The van der Waals surface area contributed by atoms with Gasteiger partial charge in [-0.1, -0.05) is 34.1 Å². The fourth-order valence-electron chi connectivity index (χ4n) is 6.61. The van der Waals surface area contributed by atoms with Crippen molar-refractivity contribution in [2.45, 2.75) is 78.7 Å². The van der Waals surface area contributed by atoms with Gasteiger partial charge in [-0.3, -0.25) is 0 Å². The van der Waals surface area contributed by atoms with Crippen LogP contribution in [-0.2, 0) is 6.42 Å². The molecule has 132 valence electrons. The SMILES string of the molecule is CC1(C)CCC[C@@]2(C)[C@@H]3Cc4cc(O)ccc4O[C@@]3(C)CC[C@]12C. The van der Waals surface area contributed by atoms with Gasteiger partial charge in [-0.2, -0.15) is 0 Å². The van der Waals surface area contributed by atoms with Crippen LogP contribution in [0.3, 0.4) is 0 Å². The van der Waals surface area contributed by atoms with Gasteiger partial charge >= 0.3 is 0 Å². The highest BCUT2D eigenvalue weighted by Crippen LogP contribution is 2.70. The zero-order valence-corrected chi connectivity index (χ0v) is 15.9. The van der Waals surface area contributed by atoms with Crippen LogP contribution in [-0.4, -0.2) is 10.7 Å². The number of hydrogen-bond acceptors (Lipinski definition) is 2. The summed E-state index contributed by atoms with van der Waals surface area (Å²) in [6, 6.07) is 5.62. The zero-order valence-electron chi connectivity index (χ0n) is 15.9. The van der Waals surface area contributed by atoms with Gasteiger partial charge in [0.25, 0.3) is 0 Å². The first kappa shape index (κ1) is 16.3. The molecule has 2 saturated carbocycles. The van der Waals surface area contributed by atoms with Crippen molar-refractivity contribution in [3.05, 3.63) is 23.8 Å². The first-order valence-electron chi connectivity index (χ1n) is 9.62. The molecule has 1 aliphatic heterocycles. The summed E-state index contributed by atoms with van der Waals surface area (Å²) < 4.78 is 6.59. The third kappa shape index (κ3) is 1.89. The molecule has 0 saturated heterocycles. The van der Waals surface area contributed by atoms with Crippen LogP contribution in [0.15, 0.2) is 18.2 Å². The van der Waals surface area contributed by atoms with Crippen LogP contribution in [0.25, 0.3) is 0 Å². The molecule has 24 heavy (non-hydrogen) atoms. The largest absolute Gasteiger partial charge is 0.508 e. The second kappa shape index (κ2) is 4.71. The number of phenols is 1. The summed E-state index contributed by atoms with van der Waals surface area (Å²) in [4.78, 5) is 0. The molecule has 0 amide bonds. The monoisotopic (exact) mass is 328 g/mol. The predicted octanol–water partition coefficient (Wildman–Crippen LogP) is 5.72. The minimum absolute atomic E-state index is 0.0777. The molecule has 4 rings (SSSR count). The van der Waals surface area contributed by atoms with Crippen molar-refractivity contribution in [2.75, 3.05) is 0 Å². The fraction of sp³-hybridized carbons (Fsp3) is 0.727. The van der Waals surface area contributed by atoms with Crippen LogP contribution in [0.5, 0.6) is 11.5 Å². The van der Waals surface area contributed by atoms with E-state index in [1.807, 2.05) is 12.1 Å². The molecule has 4 atom stereocenters. The third-order valence-electron chi connectivity index (χ3n) is 8.69. The van der Waals surface area contributed by atoms with E-state index in [0.717, 1.165) is 18.6 Å². The number of ether oxygens (including phenoxy) is 1. The van der Waals surface area contributed by atoms with E-state index >= 15 is 0 Å². The molecule has 2 heteroatoms. The fourth-order valence-corrected chi connectivity index (χ4v) is 6.61. The lowest BCUT2D eigenvalue weighted by atomic mass is 9.38. The van der Waals surface area contributed by atoms with Gasteiger partial charge in [0.1, 0.15) is 17.1 Å². The lowest BCUT2D eigenvalue weighted by Gasteiger charge is -2.69. The maximum absolute atomic E-state index is 9.92. The van der Waals surface area contributed by atoms with Crippen LogP contribution in [0.2, 0.25) is 0 Å². The summed E-state index contributed by atoms with van der Waals surface area (Å²) in [5, 5.41) is 9.92. The molecule has 1 N–H and O–H groups in total. The standard InChI is InChI=1S/C22H32O2/c1-19(2)9-6-10-20(3)18-14-15-13-16(23)7-8-17(15)24-21(18,4)11-12-22(19,20)5/h7-8,13,18,23H,6,9-12,14H2,1-5H3/t18-,20-,21-,22+/m0/s1. The Morgan fingerprint density at radius 2 is 1.75 bits per heavy atom. The van der Waals surface area contributed by atoms with Gasteiger partial charge in [0.15, 0.2) is 0 Å². The summed E-state index contributed by atoms with van der Waals surface area (Å²) in [5.41, 5.74) is 2.11. The first-order valence-corrected chi connectivity index (χ1v) is 9.62. The van der Waals surface area contributed by atoms with Gasteiger partial charge in [0, 0.05) is 5.92 Å². The van der Waals surface area contributed by atoms with Gasteiger partial charge in [-0.25, -0.2) is 0 Å². The molecule has 1 aromatic carbocycles. The normalized spacial score (nSPS) is 43.1. The van der Waals surface area contributed by atoms with Crippen molar-refractivity contribution in [1.82, 2.24) is 0 Å². The van der Waals surface area contributed by atoms with E-state index in [0.29, 0.717) is 22.5 Å². The molecule has 0 bridgehead atoms. The van der Waals surface area contributed by atoms with Crippen molar-refractivity contribution < 1.29 is 9.84 Å². The minimum atomic E-state index is -0.0777. The van der Waals surface area contributed by atoms with Crippen LogP contribution in [0.1, 0.15) is 72.3 Å². The van der Waals surface area contributed by atoms with Crippen LogP contribution in [0.4, 0.5) is 0 Å². The lowest BCUT2D eigenvalue weighted by molar-refractivity contribution is -0.213. The predicted molar refractivity (Wildman–Crippen MR) is 97.4 cm³/mol. The molecule has 2 aliphatic carbocycles. The third-order valence-corrected chi connectivity index (χ3v) is 8.69. The highest BCUT2D eigenvalue weighted by atomic mass is 16.5. The first-order chi connectivity index (χ1) is 11.1. The summed E-state index contributed by atoms with van der Waals surface area (Å²) in [6.07, 6.45) is 7.36. The van der Waals surface area contributed by atoms with Gasteiger partial charge in [0.2, 0.25) is 0 Å². The summed E-state index contributed by atoms with van der Waals surface area (Å²) >= 11 is 0. The molecule has 0 radical (unpaired) electrons. The number of fused-ring (bicyclic) bond motifs is 4. The van der Waals surface area contributed by atoms with E-state index in [1.54, 1.807) is 6.07 Å². The lowest BCUT2D eigenvalue weighted by Crippen LogP contribution is -2.65. The summed E-state index contributed by atoms with van der Waals surface area (Å²) in [6.45, 7) is 12.4. The molecule has 3 aliphatic rings. The molecule has 1 aromatic rings. The van der Waals surface area contributed by atoms with Crippen molar-refractivity contribution in [2.24, 2.45) is 22.2 Å². The number of phenolic OH excluding ortho intramolecular Hbond substituents is 1. The molecule has 2 fully saturated rings. The van der Waals surface area contributed by atoms with Crippen molar-refractivity contribution in [3.8, 4) is 11.5 Å². The number of benzene rings is 1. The molecule has 0 spiro atoms. The van der Waals surface area contributed by atoms with E-state index < -0.39 is 0 Å². The highest BCUT2D eigenvalue weighted by Gasteiger charge is 2.66. The van der Waals surface area contributed by atoms with E-state index in [1.165, 1.54) is 31.2 Å². The zero-order chi connectivity index (χ0) is 17.4.